The molecule has 2 aliphatic carbocycles. The third kappa shape index (κ3) is 30.7. The summed E-state index contributed by atoms with van der Waals surface area (Å²) in [4.78, 5) is 47.1. The Morgan fingerprint density at radius 2 is 0.890 bits per heavy atom. The smallest absolute Gasteiger partial charge is 0.266 e. The minimum Gasteiger partial charge on any atom is -0.394 e. The highest BCUT2D eigenvalue weighted by Crippen LogP contribution is 2.40. The number of nitrogens with one attached hydrogen (secondary N) is 3. The van der Waals surface area contributed by atoms with Crippen LogP contribution in [-0.2, 0) is 23.9 Å². The number of aliphatic hydroxyl groups excluding tert-OH is 2. The molecular formula is C73H92Cl8F4N6O6S3. The number of rotatable bonds is 19. The first-order chi connectivity index (χ1) is 45.4. The largest absolute Gasteiger partial charge is 0.394 e. The predicted molar refractivity (Wildman–Crippen MR) is 422 cm³/mol. The minimum atomic E-state index is -0.816. The van der Waals surface area contributed by atoms with Gasteiger partial charge in [-0.15, -0.1) is 72.8 Å². The Morgan fingerprint density at radius 1 is 0.550 bits per heavy atom. The lowest BCUT2D eigenvalue weighted by atomic mass is 9.75. The van der Waals surface area contributed by atoms with Gasteiger partial charge in [-0.1, -0.05) is 176 Å². The average Bonchev–Trinajstić information content (AvgIpc) is 1.35. The molecule has 4 atom stereocenters. The van der Waals surface area contributed by atoms with Gasteiger partial charge in [-0.25, -0.2) is 22.5 Å². The summed E-state index contributed by atoms with van der Waals surface area (Å²) in [7, 11) is 0. The number of amides is 2. The van der Waals surface area contributed by atoms with Crippen LogP contribution in [0.5, 0.6) is 0 Å². The van der Waals surface area contributed by atoms with Crippen LogP contribution in [0, 0.1) is 23.3 Å². The highest BCUT2D eigenvalue weighted by molar-refractivity contribution is 7.80. The van der Waals surface area contributed by atoms with Crippen LogP contribution in [-0.4, -0.2) is 95.1 Å². The molecule has 9 rings (SSSR count). The van der Waals surface area contributed by atoms with Crippen molar-refractivity contribution in [2.75, 3.05) is 18.4 Å². The summed E-state index contributed by atoms with van der Waals surface area (Å²) in [6.07, 6.45) is 9.94. The fourth-order valence-electron chi connectivity index (χ4n) is 11.7. The van der Waals surface area contributed by atoms with Crippen molar-refractivity contribution in [2.45, 2.75) is 173 Å². The number of halogens is 12. The molecule has 0 bridgehead atoms. The monoisotopic (exact) mass is 1600 g/mol. The molecule has 0 unspecified atom stereocenters. The van der Waals surface area contributed by atoms with E-state index in [1.54, 1.807) is 57.2 Å². The quantitative estimate of drug-likeness (QED) is 0.0133. The number of nitrogens with zero attached hydrogens (tertiary/aromatic N) is 1. The van der Waals surface area contributed by atoms with Gasteiger partial charge in [0.05, 0.1) is 49.7 Å². The molecule has 1 aliphatic heterocycles. The number of hydrogen-bond donors (Lipinski definition) is 7. The van der Waals surface area contributed by atoms with Crippen LogP contribution < -0.4 is 27.4 Å². The molecule has 3 aliphatic rings. The van der Waals surface area contributed by atoms with Gasteiger partial charge in [-0.2, -0.15) is 0 Å². The highest BCUT2D eigenvalue weighted by Gasteiger charge is 2.38. The number of imide groups is 1. The highest BCUT2D eigenvalue weighted by atomic mass is 35.5. The maximum absolute atomic E-state index is 13.7. The number of nitrogens with two attached hydrogens (primary N) is 2. The van der Waals surface area contributed by atoms with Crippen LogP contribution in [0.25, 0.3) is 0 Å². The third-order valence-electron chi connectivity index (χ3n) is 16.5. The second-order valence-corrected chi connectivity index (χ2v) is 27.8. The number of thiocarbonyl (C=S) groups is 3. The number of alkyl halides is 2. The zero-order chi connectivity index (χ0) is 71.5. The van der Waals surface area contributed by atoms with E-state index >= 15 is 0 Å². The molecule has 0 saturated heterocycles. The number of aliphatic hydroxyl groups is 2. The van der Waals surface area contributed by atoms with E-state index in [4.69, 9.17) is 82.3 Å². The molecule has 2 saturated carbocycles. The number of hydrogen-bond acceptors (Lipinski definition) is 12. The summed E-state index contributed by atoms with van der Waals surface area (Å²) in [6, 6.07) is 36.1. The van der Waals surface area contributed by atoms with E-state index < -0.39 is 58.0 Å². The van der Waals surface area contributed by atoms with Crippen molar-refractivity contribution in [1.29, 1.82) is 0 Å². The number of benzene rings is 6. The van der Waals surface area contributed by atoms with Crippen LogP contribution in [0.15, 0.2) is 133 Å². The van der Waals surface area contributed by atoms with E-state index in [1.165, 1.54) is 71.5 Å². The molecule has 552 valence electrons. The van der Waals surface area contributed by atoms with E-state index in [2.05, 4.69) is 104 Å². The number of carbonyl (C=O) groups is 4. The third-order valence-corrected chi connectivity index (χ3v) is 17.2. The van der Waals surface area contributed by atoms with Gasteiger partial charge in [0.15, 0.2) is 0 Å². The molecule has 9 N–H and O–H groups in total. The summed E-state index contributed by atoms with van der Waals surface area (Å²) < 4.78 is 54.3. The first-order valence-corrected chi connectivity index (χ1v) is 34.8. The second kappa shape index (κ2) is 47.8. The van der Waals surface area contributed by atoms with Crippen molar-refractivity contribution >= 4 is 170 Å². The van der Waals surface area contributed by atoms with Gasteiger partial charge in [-0.05, 0) is 176 Å². The van der Waals surface area contributed by atoms with Gasteiger partial charge in [-0.3, -0.25) is 19.2 Å². The zero-order valence-electron chi connectivity index (χ0n) is 56.8. The molecular weight excluding hydrogens is 1510 g/mol. The molecule has 0 aromatic heterocycles. The van der Waals surface area contributed by atoms with E-state index in [-0.39, 0.29) is 107 Å². The lowest BCUT2D eigenvalue weighted by molar-refractivity contribution is 0.0750. The maximum Gasteiger partial charge on any atom is 0.266 e. The van der Waals surface area contributed by atoms with Crippen molar-refractivity contribution < 1.29 is 47.0 Å². The summed E-state index contributed by atoms with van der Waals surface area (Å²) in [5.41, 5.74) is 17.9. The Balaban J connectivity index is 0.00000133. The maximum atomic E-state index is 13.7. The predicted octanol–water partition coefficient (Wildman–Crippen LogP) is 18.0. The van der Waals surface area contributed by atoms with Gasteiger partial charge in [0.2, 0.25) is 0 Å². The van der Waals surface area contributed by atoms with Crippen LogP contribution in [0.4, 0.5) is 17.6 Å². The summed E-state index contributed by atoms with van der Waals surface area (Å²) in [5.74, 6) is -2.25. The summed E-state index contributed by atoms with van der Waals surface area (Å²) >= 11 is 34.3. The molecule has 2 fully saturated rings. The first-order valence-electron chi connectivity index (χ1n) is 31.7. The topological polar surface area (TPSA) is 200 Å². The molecule has 1 heterocycles. The standard InChI is InChI=1S/C27H36F2N2OS.C25H34F2N2O.C10H7NO2S.C8H4Cl2O2.C2H5NS.CH2Cl2.4ClH/c1-18(2)21-8-7-9-22(15-21)27(10-5-4-6-11-27)30-17-26(32)25(31-19(3)33)14-20-12-23(28)16-24(29)13-20;1-17(2)19-7-6-8-20(14-19)25(9-4-3-5-10-25)29-16-24(30)23(28)13-18-11-21(26)15-22(27)12-18;1-6(14)11-9(12)7-4-2-3-5-8(7)10(11)13;9-7(11)5-3-1-2-4-6(5)8(10)12;1-2(3)4;2-1-3;;;;/h7-9,12-13,15-16,18,25-26,30,32H,4-6,10-11,14,17H2,1-3H3,(H,31,33);6-8,11-12,14-15,17,23-24,29-30H,3-5,9-10,13,16,28H2,1-2H3;2-5H,1H3;1-4H;1H3,(H2,3,4);1H2;4*1H/t25-,26+;23-,24+;;;;;;;;/m00......../s1. The zero-order valence-corrected chi connectivity index (χ0v) is 65.5. The van der Waals surface area contributed by atoms with Crippen LogP contribution in [0.3, 0.4) is 0 Å². The normalized spacial score (nSPS) is 14.9. The molecule has 2 amide bonds. The molecule has 6 aromatic carbocycles. The Hall–Kier alpha value is -4.49. The molecule has 6 aromatic rings. The van der Waals surface area contributed by atoms with E-state index in [0.717, 1.165) is 68.4 Å². The van der Waals surface area contributed by atoms with E-state index in [9.17, 15) is 47.0 Å². The van der Waals surface area contributed by atoms with Gasteiger partial charge in [0, 0.05) is 53.5 Å². The fraction of sp³-hybridized carbons (Fsp3) is 0.411. The van der Waals surface area contributed by atoms with Crippen molar-refractivity contribution in [3.05, 3.63) is 212 Å². The minimum absolute atomic E-state index is 0. The SMILES string of the molecule is CC(=S)N1C(=O)c2ccccc2C1=O.CC(=S)N[C@@H](Cc1cc(F)cc(F)c1)[C@H](O)CNC1(c2cccc(C(C)C)c2)CCCCC1.CC(C)c1cccc(C2(NC[C@@H](O)[C@@H](N)Cc3cc(F)cc(F)c3)CCCCC2)c1.CC(N)=S.Cl.Cl.Cl.Cl.ClCCl.O=C(Cl)c1ccccc1C(=O)Cl. The Labute approximate surface area is 647 Å². The van der Waals surface area contributed by atoms with Gasteiger partial charge >= 0.3 is 0 Å². The van der Waals surface area contributed by atoms with Crippen molar-refractivity contribution in [2.24, 2.45) is 11.5 Å². The molecule has 100 heavy (non-hydrogen) atoms. The summed E-state index contributed by atoms with van der Waals surface area (Å²) in [6.45, 7) is 14.5. The molecule has 0 radical (unpaired) electrons. The fourth-order valence-corrected chi connectivity index (χ4v) is 12.3. The Kier molecular flexibility index (Phi) is 45.6. The molecule has 27 heteroatoms. The summed E-state index contributed by atoms with van der Waals surface area (Å²) in [5, 5.41) is 31.1. The van der Waals surface area contributed by atoms with E-state index in [0.29, 0.717) is 57.2 Å². The van der Waals surface area contributed by atoms with Gasteiger partial charge in [0.25, 0.3) is 22.3 Å². The van der Waals surface area contributed by atoms with Crippen LogP contribution in [0.1, 0.15) is 199 Å². The number of fused-ring (bicyclic) bond motifs is 1. The van der Waals surface area contributed by atoms with Crippen LogP contribution >= 0.6 is 133 Å². The van der Waals surface area contributed by atoms with Gasteiger partial charge < -0.3 is 37.6 Å². The number of carbonyl (C=O) groups excluding carboxylic acids is 4. The molecule has 0 spiro atoms. The van der Waals surface area contributed by atoms with E-state index in [1.807, 2.05) is 0 Å². The first kappa shape index (κ1) is 95.5. The lowest BCUT2D eigenvalue weighted by Crippen LogP contribution is -2.53. The van der Waals surface area contributed by atoms with Crippen molar-refractivity contribution in [3.8, 4) is 0 Å². The van der Waals surface area contributed by atoms with Gasteiger partial charge in [0.1, 0.15) is 23.3 Å². The Morgan fingerprint density at radius 3 is 1.22 bits per heavy atom. The lowest BCUT2D eigenvalue weighted by Gasteiger charge is -2.40. The second-order valence-electron chi connectivity index (χ2n) is 24.5. The average molecular weight is 1610 g/mol. The van der Waals surface area contributed by atoms with Crippen molar-refractivity contribution in [3.63, 3.8) is 0 Å². The molecule has 12 nitrogen and oxygen atoms in total. The Bertz CT molecular complexity index is 3480. The van der Waals surface area contributed by atoms with Crippen LogP contribution in [0.2, 0.25) is 0 Å². The van der Waals surface area contributed by atoms with Crippen molar-refractivity contribution in [1.82, 2.24) is 20.9 Å².